The molecule has 0 saturated carbocycles. The molecule has 0 N–H and O–H groups in total. The molecule has 18 heavy (non-hydrogen) atoms. The highest BCUT2D eigenvalue weighted by atomic mass is 16.5. The average molecular weight is 238 g/mol. The third-order valence-electron chi connectivity index (χ3n) is 3.52. The molecule has 2 aromatic rings. The van der Waals surface area contributed by atoms with E-state index in [1.165, 1.54) is 0 Å². The van der Waals surface area contributed by atoms with Crippen molar-refractivity contribution in [3.8, 4) is 5.75 Å². The fourth-order valence-corrected chi connectivity index (χ4v) is 2.54. The zero-order valence-electron chi connectivity index (χ0n) is 10.2. The van der Waals surface area contributed by atoms with Gasteiger partial charge in [-0.2, -0.15) is 0 Å². The molecule has 2 heteroatoms. The van der Waals surface area contributed by atoms with E-state index in [9.17, 15) is 4.79 Å². The maximum absolute atomic E-state index is 12.4. The van der Waals surface area contributed by atoms with E-state index in [0.717, 1.165) is 28.9 Å². The first-order valence-electron chi connectivity index (χ1n) is 6.05. The lowest BCUT2D eigenvalue weighted by Crippen LogP contribution is -2.06. The second-order valence-corrected chi connectivity index (χ2v) is 4.55. The van der Waals surface area contributed by atoms with E-state index in [-0.39, 0.29) is 11.7 Å². The molecule has 0 fully saturated rings. The quantitative estimate of drug-likeness (QED) is 0.803. The van der Waals surface area contributed by atoms with Gasteiger partial charge in [0.2, 0.25) is 0 Å². The van der Waals surface area contributed by atoms with Gasteiger partial charge in [0.25, 0.3) is 0 Å². The zero-order chi connectivity index (χ0) is 12.5. The SMILES string of the molecule is COc1ccc2c(c1)C(=O)[C@H](c1ccccc1)C2. The summed E-state index contributed by atoms with van der Waals surface area (Å²) in [6.07, 6.45) is 0.794. The summed E-state index contributed by atoms with van der Waals surface area (Å²) in [4.78, 5) is 12.4. The molecule has 1 atom stereocenters. The highest BCUT2D eigenvalue weighted by Gasteiger charge is 2.31. The van der Waals surface area contributed by atoms with Gasteiger partial charge in [-0.25, -0.2) is 0 Å². The maximum Gasteiger partial charge on any atom is 0.171 e. The highest BCUT2D eigenvalue weighted by Crippen LogP contribution is 2.35. The maximum atomic E-state index is 12.4. The minimum atomic E-state index is -0.0340. The number of benzene rings is 2. The first kappa shape index (κ1) is 11.0. The molecule has 0 radical (unpaired) electrons. The fourth-order valence-electron chi connectivity index (χ4n) is 2.54. The fraction of sp³-hybridized carbons (Fsp3) is 0.188. The number of methoxy groups -OCH3 is 1. The first-order chi connectivity index (χ1) is 8.79. The molecule has 2 aromatic carbocycles. The summed E-state index contributed by atoms with van der Waals surface area (Å²) in [6.45, 7) is 0. The second kappa shape index (κ2) is 4.30. The van der Waals surface area contributed by atoms with Gasteiger partial charge in [0.1, 0.15) is 5.75 Å². The third-order valence-corrected chi connectivity index (χ3v) is 3.52. The van der Waals surface area contributed by atoms with Gasteiger partial charge >= 0.3 is 0 Å². The van der Waals surface area contributed by atoms with Crippen molar-refractivity contribution in [2.45, 2.75) is 12.3 Å². The van der Waals surface area contributed by atoms with Gasteiger partial charge in [-0.1, -0.05) is 36.4 Å². The van der Waals surface area contributed by atoms with Crippen LogP contribution < -0.4 is 4.74 Å². The Balaban J connectivity index is 1.99. The minimum absolute atomic E-state index is 0.0340. The van der Waals surface area contributed by atoms with E-state index < -0.39 is 0 Å². The summed E-state index contributed by atoms with van der Waals surface area (Å²) < 4.78 is 5.18. The van der Waals surface area contributed by atoms with Crippen LogP contribution in [0.3, 0.4) is 0 Å². The molecule has 90 valence electrons. The summed E-state index contributed by atoms with van der Waals surface area (Å²) in [7, 11) is 1.62. The third kappa shape index (κ3) is 1.70. The summed E-state index contributed by atoms with van der Waals surface area (Å²) in [6, 6.07) is 15.7. The van der Waals surface area contributed by atoms with E-state index in [4.69, 9.17) is 4.74 Å². The van der Waals surface area contributed by atoms with Gasteiger partial charge in [0, 0.05) is 5.56 Å². The van der Waals surface area contributed by atoms with Gasteiger partial charge in [-0.3, -0.25) is 4.79 Å². The number of ether oxygens (including phenoxy) is 1. The van der Waals surface area contributed by atoms with Crippen LogP contribution in [0.5, 0.6) is 5.75 Å². The van der Waals surface area contributed by atoms with Crippen LogP contribution in [0.25, 0.3) is 0 Å². The van der Waals surface area contributed by atoms with Crippen LogP contribution in [-0.4, -0.2) is 12.9 Å². The molecule has 1 aliphatic rings. The molecule has 0 bridgehead atoms. The lowest BCUT2D eigenvalue weighted by Gasteiger charge is -2.07. The monoisotopic (exact) mass is 238 g/mol. The largest absolute Gasteiger partial charge is 0.497 e. The lowest BCUT2D eigenvalue weighted by molar-refractivity contribution is 0.0972. The number of carbonyl (C=O) groups is 1. The van der Waals surface area contributed by atoms with Crippen molar-refractivity contribution in [3.63, 3.8) is 0 Å². The van der Waals surface area contributed by atoms with Crippen LogP contribution >= 0.6 is 0 Å². The molecule has 0 saturated heterocycles. The Morgan fingerprint density at radius 3 is 2.61 bits per heavy atom. The topological polar surface area (TPSA) is 26.3 Å². The van der Waals surface area contributed by atoms with Crippen molar-refractivity contribution in [2.24, 2.45) is 0 Å². The van der Waals surface area contributed by atoms with Crippen LogP contribution in [0.2, 0.25) is 0 Å². The van der Waals surface area contributed by atoms with Crippen molar-refractivity contribution in [1.29, 1.82) is 0 Å². The lowest BCUT2D eigenvalue weighted by atomic mass is 9.95. The second-order valence-electron chi connectivity index (χ2n) is 4.55. The Labute approximate surface area is 106 Å². The summed E-state index contributed by atoms with van der Waals surface area (Å²) in [5, 5.41) is 0. The molecular weight excluding hydrogens is 224 g/mol. The Bertz CT molecular complexity index is 587. The van der Waals surface area contributed by atoms with E-state index in [1.54, 1.807) is 7.11 Å². The molecule has 3 rings (SSSR count). The molecule has 0 unspecified atom stereocenters. The molecule has 0 aliphatic heterocycles. The Morgan fingerprint density at radius 1 is 1.11 bits per heavy atom. The van der Waals surface area contributed by atoms with Crippen molar-refractivity contribution >= 4 is 5.78 Å². The number of rotatable bonds is 2. The van der Waals surface area contributed by atoms with Gasteiger partial charge in [-0.15, -0.1) is 0 Å². The Hall–Kier alpha value is -2.09. The summed E-state index contributed by atoms with van der Waals surface area (Å²) in [5.41, 5.74) is 3.02. The number of ketones is 1. The van der Waals surface area contributed by atoms with E-state index in [2.05, 4.69) is 0 Å². The smallest absolute Gasteiger partial charge is 0.171 e. The number of carbonyl (C=O) groups excluding carboxylic acids is 1. The van der Waals surface area contributed by atoms with Crippen LogP contribution in [0, 0.1) is 0 Å². The Morgan fingerprint density at radius 2 is 1.89 bits per heavy atom. The van der Waals surface area contributed by atoms with Gasteiger partial charge in [0.15, 0.2) is 5.78 Å². The number of Topliss-reactive ketones (excluding diaryl/α,β-unsaturated/α-hetero) is 1. The Kier molecular flexibility index (Phi) is 2.63. The van der Waals surface area contributed by atoms with Crippen molar-refractivity contribution in [3.05, 3.63) is 65.2 Å². The molecule has 0 heterocycles. The molecule has 2 nitrogen and oxygen atoms in total. The van der Waals surface area contributed by atoms with E-state index >= 15 is 0 Å². The van der Waals surface area contributed by atoms with Crippen molar-refractivity contribution < 1.29 is 9.53 Å². The van der Waals surface area contributed by atoms with Crippen LogP contribution in [-0.2, 0) is 6.42 Å². The standard InChI is InChI=1S/C16H14O2/c1-18-13-8-7-12-9-14(16(17)15(12)10-13)11-5-3-2-4-6-11/h2-8,10,14H,9H2,1H3/t14-/m0/s1. The van der Waals surface area contributed by atoms with E-state index in [1.807, 2.05) is 48.5 Å². The van der Waals surface area contributed by atoms with Crippen LogP contribution in [0.1, 0.15) is 27.4 Å². The van der Waals surface area contributed by atoms with Crippen LogP contribution in [0.15, 0.2) is 48.5 Å². The summed E-state index contributed by atoms with van der Waals surface area (Å²) in [5.74, 6) is 0.916. The molecule has 1 aliphatic carbocycles. The number of hydrogen-bond acceptors (Lipinski definition) is 2. The molecule has 0 aromatic heterocycles. The average Bonchev–Trinajstić information content (AvgIpc) is 2.77. The van der Waals surface area contributed by atoms with Gasteiger partial charge in [0.05, 0.1) is 13.0 Å². The number of hydrogen-bond donors (Lipinski definition) is 0. The van der Waals surface area contributed by atoms with Gasteiger partial charge in [-0.05, 0) is 29.7 Å². The molecular formula is C16H14O2. The van der Waals surface area contributed by atoms with Crippen molar-refractivity contribution in [2.75, 3.05) is 7.11 Å². The van der Waals surface area contributed by atoms with Gasteiger partial charge < -0.3 is 4.74 Å². The van der Waals surface area contributed by atoms with E-state index in [0.29, 0.717) is 0 Å². The predicted octanol–water partition coefficient (Wildman–Crippen LogP) is 3.22. The van der Waals surface area contributed by atoms with Crippen molar-refractivity contribution in [1.82, 2.24) is 0 Å². The predicted molar refractivity (Wildman–Crippen MR) is 70.2 cm³/mol. The molecule has 0 spiro atoms. The normalized spacial score (nSPS) is 17.6. The zero-order valence-corrected chi connectivity index (χ0v) is 10.2. The first-order valence-corrected chi connectivity index (χ1v) is 6.05. The highest BCUT2D eigenvalue weighted by molar-refractivity contribution is 6.05. The van der Waals surface area contributed by atoms with Crippen LogP contribution in [0.4, 0.5) is 0 Å². The summed E-state index contributed by atoms with van der Waals surface area (Å²) >= 11 is 0. The minimum Gasteiger partial charge on any atom is -0.497 e. The molecule has 0 amide bonds. The number of fused-ring (bicyclic) bond motifs is 1.